The first-order valence-corrected chi connectivity index (χ1v) is 7.72. The standard InChI is InChI=1S/C18H23N3/c1-15-6-5-9-17(20-15)13-21-11-10-19-18(14-21)12-16-7-3-2-4-8-16/h2-9,18-19H,10-14H2,1H3. The van der Waals surface area contributed by atoms with Crippen LogP contribution in [0, 0.1) is 6.92 Å². The van der Waals surface area contributed by atoms with Crippen molar-refractivity contribution in [2.75, 3.05) is 19.6 Å². The summed E-state index contributed by atoms with van der Waals surface area (Å²) in [6.45, 7) is 6.25. The molecule has 1 fully saturated rings. The summed E-state index contributed by atoms with van der Waals surface area (Å²) >= 11 is 0. The molecule has 1 unspecified atom stereocenters. The SMILES string of the molecule is Cc1cccc(CN2CCNC(Cc3ccccc3)C2)n1. The van der Waals surface area contributed by atoms with Crippen molar-refractivity contribution in [1.82, 2.24) is 15.2 Å². The van der Waals surface area contributed by atoms with E-state index < -0.39 is 0 Å². The number of rotatable bonds is 4. The maximum absolute atomic E-state index is 4.61. The van der Waals surface area contributed by atoms with E-state index in [0.717, 1.165) is 38.3 Å². The van der Waals surface area contributed by atoms with Crippen LogP contribution in [0.3, 0.4) is 0 Å². The Kier molecular flexibility index (Phi) is 4.63. The zero-order valence-corrected chi connectivity index (χ0v) is 12.6. The van der Waals surface area contributed by atoms with E-state index in [1.807, 2.05) is 0 Å². The summed E-state index contributed by atoms with van der Waals surface area (Å²) in [7, 11) is 0. The summed E-state index contributed by atoms with van der Waals surface area (Å²) in [4.78, 5) is 7.12. The van der Waals surface area contributed by atoms with Crippen molar-refractivity contribution in [3.8, 4) is 0 Å². The Morgan fingerprint density at radius 1 is 1.14 bits per heavy atom. The Labute approximate surface area is 127 Å². The molecular weight excluding hydrogens is 258 g/mol. The lowest BCUT2D eigenvalue weighted by molar-refractivity contribution is 0.190. The minimum absolute atomic E-state index is 0.533. The normalized spacial score (nSPS) is 19.6. The van der Waals surface area contributed by atoms with Gasteiger partial charge in [0.05, 0.1) is 5.69 Å². The summed E-state index contributed by atoms with van der Waals surface area (Å²) in [6, 6.07) is 17.5. The number of benzene rings is 1. The Morgan fingerprint density at radius 2 is 2.00 bits per heavy atom. The highest BCUT2D eigenvalue weighted by Crippen LogP contribution is 2.10. The molecule has 1 aliphatic rings. The third-order valence-electron chi connectivity index (χ3n) is 4.00. The molecule has 0 radical (unpaired) electrons. The monoisotopic (exact) mass is 281 g/mol. The fourth-order valence-electron chi connectivity index (χ4n) is 2.99. The minimum Gasteiger partial charge on any atom is -0.311 e. The van der Waals surface area contributed by atoms with Gasteiger partial charge in [-0.15, -0.1) is 0 Å². The van der Waals surface area contributed by atoms with Gasteiger partial charge in [0.1, 0.15) is 0 Å². The van der Waals surface area contributed by atoms with Crippen molar-refractivity contribution in [3.05, 3.63) is 65.5 Å². The molecule has 0 bridgehead atoms. The van der Waals surface area contributed by atoms with E-state index in [4.69, 9.17) is 0 Å². The molecular formula is C18H23N3. The van der Waals surface area contributed by atoms with Gasteiger partial charge in [0.25, 0.3) is 0 Å². The number of hydrogen-bond acceptors (Lipinski definition) is 3. The van der Waals surface area contributed by atoms with Crippen LogP contribution in [0.5, 0.6) is 0 Å². The van der Waals surface area contributed by atoms with Gasteiger partial charge in [0.2, 0.25) is 0 Å². The summed E-state index contributed by atoms with van der Waals surface area (Å²) < 4.78 is 0. The minimum atomic E-state index is 0.533. The molecule has 3 heteroatoms. The first kappa shape index (κ1) is 14.2. The van der Waals surface area contributed by atoms with Gasteiger partial charge in [0, 0.05) is 37.9 Å². The van der Waals surface area contributed by atoms with Gasteiger partial charge in [-0.25, -0.2) is 0 Å². The van der Waals surface area contributed by atoms with Crippen LogP contribution >= 0.6 is 0 Å². The molecule has 1 aromatic carbocycles. The first-order valence-electron chi connectivity index (χ1n) is 7.72. The van der Waals surface area contributed by atoms with E-state index in [0.29, 0.717) is 6.04 Å². The molecule has 1 saturated heterocycles. The summed E-state index contributed by atoms with van der Waals surface area (Å²) in [5.41, 5.74) is 3.68. The van der Waals surface area contributed by atoms with E-state index in [-0.39, 0.29) is 0 Å². The van der Waals surface area contributed by atoms with E-state index in [1.54, 1.807) is 0 Å². The van der Waals surface area contributed by atoms with Gasteiger partial charge in [-0.05, 0) is 31.0 Å². The number of piperazine rings is 1. The highest BCUT2D eigenvalue weighted by atomic mass is 15.2. The van der Waals surface area contributed by atoms with Crippen LogP contribution in [0.4, 0.5) is 0 Å². The van der Waals surface area contributed by atoms with Crippen molar-refractivity contribution >= 4 is 0 Å². The topological polar surface area (TPSA) is 28.2 Å². The smallest absolute Gasteiger partial charge is 0.0547 e. The van der Waals surface area contributed by atoms with Crippen LogP contribution in [0.1, 0.15) is 17.0 Å². The lowest BCUT2D eigenvalue weighted by atomic mass is 10.0. The molecule has 2 heterocycles. The number of aromatic nitrogens is 1. The average Bonchev–Trinajstić information content (AvgIpc) is 2.49. The lowest BCUT2D eigenvalue weighted by Gasteiger charge is -2.33. The number of hydrogen-bond donors (Lipinski definition) is 1. The molecule has 21 heavy (non-hydrogen) atoms. The predicted molar refractivity (Wildman–Crippen MR) is 86.2 cm³/mol. The maximum Gasteiger partial charge on any atom is 0.0547 e. The quantitative estimate of drug-likeness (QED) is 0.933. The Bertz CT molecular complexity index is 568. The Balaban J connectivity index is 1.58. The van der Waals surface area contributed by atoms with E-state index in [1.165, 1.54) is 11.3 Å². The van der Waals surface area contributed by atoms with Gasteiger partial charge < -0.3 is 5.32 Å². The van der Waals surface area contributed by atoms with Crippen LogP contribution in [-0.2, 0) is 13.0 Å². The molecule has 110 valence electrons. The molecule has 1 aromatic heterocycles. The zero-order chi connectivity index (χ0) is 14.5. The molecule has 3 rings (SSSR count). The van der Waals surface area contributed by atoms with Crippen molar-refractivity contribution in [2.45, 2.75) is 25.9 Å². The van der Waals surface area contributed by atoms with Crippen LogP contribution in [0.25, 0.3) is 0 Å². The second-order valence-electron chi connectivity index (χ2n) is 5.85. The highest BCUT2D eigenvalue weighted by Gasteiger charge is 2.19. The Morgan fingerprint density at radius 3 is 2.81 bits per heavy atom. The average molecular weight is 281 g/mol. The molecule has 0 saturated carbocycles. The lowest BCUT2D eigenvalue weighted by Crippen LogP contribution is -2.51. The molecule has 1 N–H and O–H groups in total. The molecule has 0 aliphatic carbocycles. The van der Waals surface area contributed by atoms with Crippen molar-refractivity contribution in [1.29, 1.82) is 0 Å². The second kappa shape index (κ2) is 6.83. The fraction of sp³-hybridized carbons (Fsp3) is 0.389. The molecule has 3 nitrogen and oxygen atoms in total. The van der Waals surface area contributed by atoms with Gasteiger partial charge in [-0.2, -0.15) is 0 Å². The fourth-order valence-corrected chi connectivity index (χ4v) is 2.99. The second-order valence-corrected chi connectivity index (χ2v) is 5.85. The van der Waals surface area contributed by atoms with Crippen LogP contribution < -0.4 is 5.32 Å². The van der Waals surface area contributed by atoms with Gasteiger partial charge in [-0.3, -0.25) is 9.88 Å². The number of nitrogens with one attached hydrogen (secondary N) is 1. The number of nitrogens with zero attached hydrogens (tertiary/aromatic N) is 2. The first-order chi connectivity index (χ1) is 10.3. The van der Waals surface area contributed by atoms with E-state index in [9.17, 15) is 0 Å². The van der Waals surface area contributed by atoms with Crippen LogP contribution in [0.15, 0.2) is 48.5 Å². The van der Waals surface area contributed by atoms with Crippen molar-refractivity contribution < 1.29 is 0 Å². The van der Waals surface area contributed by atoms with E-state index >= 15 is 0 Å². The van der Waals surface area contributed by atoms with E-state index in [2.05, 4.69) is 70.7 Å². The molecule has 1 aliphatic heterocycles. The zero-order valence-electron chi connectivity index (χ0n) is 12.6. The number of aryl methyl sites for hydroxylation is 1. The van der Waals surface area contributed by atoms with Gasteiger partial charge in [0.15, 0.2) is 0 Å². The molecule has 0 spiro atoms. The Hall–Kier alpha value is -1.71. The third kappa shape index (κ3) is 4.13. The van der Waals surface area contributed by atoms with Gasteiger partial charge in [-0.1, -0.05) is 36.4 Å². The molecule has 0 amide bonds. The van der Waals surface area contributed by atoms with Crippen molar-refractivity contribution in [2.24, 2.45) is 0 Å². The number of pyridine rings is 1. The predicted octanol–water partition coefficient (Wildman–Crippen LogP) is 2.41. The van der Waals surface area contributed by atoms with Crippen LogP contribution in [-0.4, -0.2) is 35.6 Å². The van der Waals surface area contributed by atoms with Crippen LogP contribution in [0.2, 0.25) is 0 Å². The molecule has 1 atom stereocenters. The summed E-state index contributed by atoms with van der Waals surface area (Å²) in [6.07, 6.45) is 1.10. The summed E-state index contributed by atoms with van der Waals surface area (Å²) in [5, 5.41) is 3.63. The highest BCUT2D eigenvalue weighted by molar-refractivity contribution is 5.16. The maximum atomic E-state index is 4.61. The third-order valence-corrected chi connectivity index (χ3v) is 4.00. The summed E-state index contributed by atoms with van der Waals surface area (Å²) in [5.74, 6) is 0. The van der Waals surface area contributed by atoms with Gasteiger partial charge >= 0.3 is 0 Å². The van der Waals surface area contributed by atoms with Crippen molar-refractivity contribution in [3.63, 3.8) is 0 Å². The largest absolute Gasteiger partial charge is 0.311 e. The molecule has 2 aromatic rings.